The maximum atomic E-state index is 14.9. The Morgan fingerprint density at radius 2 is 1.33 bits per heavy atom. The van der Waals surface area contributed by atoms with Crippen LogP contribution in [0.25, 0.3) is 21.8 Å². The topological polar surface area (TPSA) is 376 Å². The van der Waals surface area contributed by atoms with Crippen molar-refractivity contribution < 1.29 is 43.2 Å². The number of imide groups is 1. The summed E-state index contributed by atoms with van der Waals surface area (Å²) in [5.74, 6) is -8.31. The minimum atomic E-state index is -1.73. The van der Waals surface area contributed by atoms with Crippen molar-refractivity contribution >= 4 is 80.9 Å². The molecule has 3 aromatic carbocycles. The van der Waals surface area contributed by atoms with Crippen LogP contribution < -0.4 is 60.2 Å². The molecule has 0 spiro atoms. The zero-order chi connectivity index (χ0) is 54.3. The summed E-state index contributed by atoms with van der Waals surface area (Å²) in [6, 6.07) is 17.3. The summed E-state index contributed by atoms with van der Waals surface area (Å²) in [5.41, 5.74) is 25.8. The largest absolute Gasteiger partial charge is 0.370 e. The van der Waals surface area contributed by atoms with Crippen LogP contribution in [0, 0.1) is 5.41 Å². The van der Waals surface area contributed by atoms with Gasteiger partial charge in [-0.25, -0.2) is 0 Å². The van der Waals surface area contributed by atoms with Gasteiger partial charge in [0.05, 0.1) is 18.9 Å². The van der Waals surface area contributed by atoms with Crippen LogP contribution in [0.1, 0.15) is 68.5 Å². The molecule has 1 aliphatic heterocycles. The van der Waals surface area contributed by atoms with Crippen LogP contribution in [0.5, 0.6) is 0 Å². The Bertz CT molecular complexity index is 2990. The molecule has 23 heteroatoms. The van der Waals surface area contributed by atoms with Gasteiger partial charge in [0.1, 0.15) is 30.2 Å². The number of nitrogens with zero attached hydrogens (tertiary/aromatic N) is 2. The highest BCUT2D eigenvalue weighted by molar-refractivity contribution is 6.17. The van der Waals surface area contributed by atoms with Gasteiger partial charge in [0.15, 0.2) is 5.96 Å². The molecule has 0 radical (unpaired) electrons. The van der Waals surface area contributed by atoms with Crippen molar-refractivity contribution in [1.29, 1.82) is 5.41 Å². The van der Waals surface area contributed by atoms with E-state index in [4.69, 9.17) is 28.3 Å². The molecular weight excluding hydrogens is 965 g/mol. The molecule has 0 saturated heterocycles. The Balaban J connectivity index is 1.31. The monoisotopic (exact) mass is 1030 g/mol. The zero-order valence-electron chi connectivity index (χ0n) is 41.6. The number of carbonyl (C=O) groups excluding carboxylic acids is 9. The van der Waals surface area contributed by atoms with Gasteiger partial charge < -0.3 is 64.0 Å². The highest BCUT2D eigenvalue weighted by Gasteiger charge is 2.36. The van der Waals surface area contributed by atoms with Crippen LogP contribution in [-0.2, 0) is 56.6 Å². The normalized spacial score (nSPS) is 15.0. The second kappa shape index (κ2) is 25.7. The first-order chi connectivity index (χ1) is 35.8. The number of fused-ring (bicyclic) bond motifs is 2. The van der Waals surface area contributed by atoms with Gasteiger partial charge in [-0.15, -0.1) is 0 Å². The number of rotatable bonds is 27. The Kier molecular flexibility index (Phi) is 19.0. The minimum Gasteiger partial charge on any atom is -0.370 e. The second-order valence-electron chi connectivity index (χ2n) is 18.4. The summed E-state index contributed by atoms with van der Waals surface area (Å²) in [7, 11) is 1.87. The van der Waals surface area contributed by atoms with Crippen LogP contribution in [0.3, 0.4) is 0 Å². The van der Waals surface area contributed by atoms with E-state index in [1.54, 1.807) is 59.3 Å². The summed E-state index contributed by atoms with van der Waals surface area (Å²) < 4.78 is 3.61. The van der Waals surface area contributed by atoms with Crippen molar-refractivity contribution in [2.45, 2.75) is 94.0 Å². The Morgan fingerprint density at radius 1 is 0.707 bits per heavy atom. The zero-order valence-corrected chi connectivity index (χ0v) is 41.6. The molecule has 2 unspecified atom stereocenters. The summed E-state index contributed by atoms with van der Waals surface area (Å²) in [4.78, 5) is 122. The number of hydrogen-bond donors (Lipinski definition) is 12. The lowest BCUT2D eigenvalue weighted by molar-refractivity contribution is -0.136. The maximum Gasteiger partial charge on any atom is 0.256 e. The van der Waals surface area contributed by atoms with Crippen LogP contribution in [0.15, 0.2) is 109 Å². The number of para-hydroxylation sites is 2. The Morgan fingerprint density at radius 3 is 2.00 bits per heavy atom. The predicted molar refractivity (Wildman–Crippen MR) is 278 cm³/mol. The SMILES string of the molecule is C[C@H](NC(=O)[C@H](Cc1ccccc1)NC(=O)[C@H](CCCNC(=N)N)NC(=O)[C@H](CC(N)=O)NC(=O)[C@H](CC(CCN)c1cn(C)c2ccccc12)NC(=O)CC(C1=CC(=O)NC1=O)n1ccc2ccccc21)C(N)=O. The first-order valence-corrected chi connectivity index (χ1v) is 24.4. The van der Waals surface area contributed by atoms with E-state index in [9.17, 15) is 43.2 Å². The maximum absolute atomic E-state index is 14.9. The summed E-state index contributed by atoms with van der Waals surface area (Å²) in [5, 5.41) is 27.2. The number of nitrogens with two attached hydrogens (primary N) is 4. The van der Waals surface area contributed by atoms with Crippen molar-refractivity contribution in [2.75, 3.05) is 13.1 Å². The first kappa shape index (κ1) is 55.5. The van der Waals surface area contributed by atoms with E-state index in [-0.39, 0.29) is 50.3 Å². The van der Waals surface area contributed by atoms with Crippen molar-refractivity contribution in [2.24, 2.45) is 30.0 Å². The molecule has 0 saturated carbocycles. The molecule has 396 valence electrons. The summed E-state index contributed by atoms with van der Waals surface area (Å²) in [6.07, 6.45) is 3.75. The number of aryl methyl sites for hydroxylation is 1. The molecule has 7 atom stereocenters. The minimum absolute atomic E-state index is 0.00959. The molecule has 6 rings (SSSR count). The quantitative estimate of drug-likeness (QED) is 0.0137. The molecule has 0 aliphatic carbocycles. The lowest BCUT2D eigenvalue weighted by atomic mass is 9.88. The highest BCUT2D eigenvalue weighted by atomic mass is 16.2. The van der Waals surface area contributed by atoms with Gasteiger partial charge in [-0.2, -0.15) is 0 Å². The Labute approximate surface area is 431 Å². The number of hydrogen-bond acceptors (Lipinski definition) is 11. The molecule has 0 fully saturated rings. The van der Waals surface area contributed by atoms with Gasteiger partial charge in [0.2, 0.25) is 41.4 Å². The third kappa shape index (κ3) is 14.9. The molecule has 75 heavy (non-hydrogen) atoms. The smallest absolute Gasteiger partial charge is 0.256 e. The number of primary amides is 2. The van der Waals surface area contributed by atoms with Gasteiger partial charge in [-0.05, 0) is 79.8 Å². The number of benzene rings is 3. The molecule has 2 aromatic heterocycles. The fourth-order valence-corrected chi connectivity index (χ4v) is 9.12. The number of amides is 9. The van der Waals surface area contributed by atoms with E-state index in [2.05, 4.69) is 37.2 Å². The standard InChI is InChI=1S/C52H64N14O9/c1-29(46(55)70)59-49(73)37(23-30-11-4-3-5-12-30)62-48(72)36(15-10-21-58-52(56)57)61-51(75)39(26-43(54)67)63-50(74)38(24-32(18-20-53)35-28-65(2)41-17-9-7-14-33(35)41)60-45(69)27-42(34-25-44(68)64-47(34)71)66-22-19-31-13-6-8-16-40(31)66/h3-9,11-14,16-17,19,22,25,28-29,32,36-39,42H,10,15,18,20-21,23-24,26-27,53H2,1-2H3,(H2,54,67)(H2,55,70)(H,59,73)(H,60,69)(H,61,75)(H,62,72)(H,63,74)(H4,56,57,58)(H,64,68,71)/t29-,32?,36-,37-,38-,39-,42?/m0/s1. The number of nitrogens with one attached hydrogen (secondary N) is 8. The number of guanidine groups is 1. The summed E-state index contributed by atoms with van der Waals surface area (Å²) >= 11 is 0. The van der Waals surface area contributed by atoms with Gasteiger partial charge in [0, 0.05) is 60.5 Å². The molecule has 0 bridgehead atoms. The van der Waals surface area contributed by atoms with E-state index in [0.29, 0.717) is 17.5 Å². The van der Waals surface area contributed by atoms with E-state index < -0.39 is 108 Å². The molecule has 16 N–H and O–H groups in total. The average molecular weight is 1030 g/mol. The predicted octanol–water partition coefficient (Wildman–Crippen LogP) is -0.520. The third-order valence-corrected chi connectivity index (χ3v) is 12.9. The number of aromatic nitrogens is 2. The molecule has 3 heterocycles. The van der Waals surface area contributed by atoms with E-state index in [0.717, 1.165) is 27.9 Å². The molecule has 1 aliphatic rings. The van der Waals surface area contributed by atoms with E-state index in [1.807, 2.05) is 54.2 Å². The lowest BCUT2D eigenvalue weighted by Crippen LogP contribution is -2.59. The van der Waals surface area contributed by atoms with Crippen molar-refractivity contribution in [1.82, 2.24) is 46.4 Å². The van der Waals surface area contributed by atoms with Crippen LogP contribution in [0.2, 0.25) is 0 Å². The fraction of sp³-hybridized carbons (Fsp3) is 0.346. The fourth-order valence-electron chi connectivity index (χ4n) is 9.12. The van der Waals surface area contributed by atoms with Crippen molar-refractivity contribution in [3.63, 3.8) is 0 Å². The second-order valence-corrected chi connectivity index (χ2v) is 18.4. The molecule has 23 nitrogen and oxygen atoms in total. The van der Waals surface area contributed by atoms with Gasteiger partial charge in [0.25, 0.3) is 11.8 Å². The third-order valence-electron chi connectivity index (χ3n) is 12.9. The van der Waals surface area contributed by atoms with Gasteiger partial charge in [-0.3, -0.25) is 53.9 Å². The average Bonchev–Trinajstić information content (AvgIpc) is 4.06. The molecule has 5 aromatic rings. The number of carbonyl (C=O) groups is 9. The molecular formula is C52H64N14O9. The van der Waals surface area contributed by atoms with Crippen LogP contribution >= 0.6 is 0 Å². The van der Waals surface area contributed by atoms with Crippen LogP contribution in [0.4, 0.5) is 0 Å². The van der Waals surface area contributed by atoms with Crippen molar-refractivity contribution in [3.8, 4) is 0 Å². The lowest BCUT2D eigenvalue weighted by Gasteiger charge is -2.28. The van der Waals surface area contributed by atoms with E-state index in [1.165, 1.54) is 6.92 Å². The molecule has 9 amide bonds. The van der Waals surface area contributed by atoms with Gasteiger partial charge in [-0.1, -0.05) is 66.7 Å². The van der Waals surface area contributed by atoms with Crippen LogP contribution in [-0.4, -0.2) is 112 Å². The Hall–Kier alpha value is -8.86. The van der Waals surface area contributed by atoms with Gasteiger partial charge >= 0.3 is 0 Å². The van der Waals surface area contributed by atoms with E-state index >= 15 is 0 Å². The van der Waals surface area contributed by atoms with Crippen molar-refractivity contribution in [3.05, 3.63) is 120 Å². The highest BCUT2D eigenvalue weighted by Crippen LogP contribution is 2.34. The first-order valence-electron chi connectivity index (χ1n) is 24.4. The summed E-state index contributed by atoms with van der Waals surface area (Å²) in [6.45, 7) is 1.63.